The molecule has 232 valence electrons. The molecule has 15 heteroatoms. The second-order valence-electron chi connectivity index (χ2n) is 8.99. The third-order valence-electron chi connectivity index (χ3n) is 5.95. The summed E-state index contributed by atoms with van der Waals surface area (Å²) in [5.41, 5.74) is 0. The molecule has 0 unspecified atom stereocenters. The normalized spacial score (nSPS) is 16.6. The van der Waals surface area contributed by atoms with E-state index in [1.54, 1.807) is 16.7 Å². The average Bonchev–Trinajstić information content (AvgIpc) is 2.92. The highest BCUT2D eigenvalue weighted by Gasteiger charge is 2.20. The molecule has 0 aromatic rings. The quantitative estimate of drug-likeness (QED) is 0.103. The Morgan fingerprint density at radius 1 is 0.725 bits per heavy atom. The Kier molecular flexibility index (Phi) is 22.7. The van der Waals surface area contributed by atoms with Crippen LogP contribution in [0.1, 0.15) is 13.3 Å². The van der Waals surface area contributed by atoms with E-state index in [0.29, 0.717) is 85.1 Å². The highest BCUT2D eigenvalue weighted by Crippen LogP contribution is 2.01. The second-order valence-corrected chi connectivity index (χ2v) is 8.99. The Balaban J connectivity index is 0.00000742. The molecule has 1 amide bonds. The van der Waals surface area contributed by atoms with Gasteiger partial charge in [0.2, 0.25) is 5.91 Å². The molecule has 1 aliphatic heterocycles. The van der Waals surface area contributed by atoms with E-state index in [1.807, 2.05) is 9.80 Å². The summed E-state index contributed by atoms with van der Waals surface area (Å²) in [7, 11) is 1.00. The fourth-order valence-electron chi connectivity index (χ4n) is 3.75. The number of aliphatic hydroxyl groups is 1. The highest BCUT2D eigenvalue weighted by molar-refractivity contribution is 5.79. The Labute approximate surface area is 236 Å². The topological polar surface area (TPSA) is 189 Å². The molecule has 0 aliphatic carbocycles. The summed E-state index contributed by atoms with van der Waals surface area (Å²) in [6.07, 6.45) is 1.23. The second kappa shape index (κ2) is 24.3. The van der Waals surface area contributed by atoms with Crippen LogP contribution in [0.2, 0.25) is 0 Å². The van der Waals surface area contributed by atoms with Gasteiger partial charge in [-0.2, -0.15) is 0 Å². The Hall–Kier alpha value is -2.53. The van der Waals surface area contributed by atoms with E-state index in [9.17, 15) is 34.2 Å². The zero-order chi connectivity index (χ0) is 30.2. The van der Waals surface area contributed by atoms with Crippen LogP contribution in [0.15, 0.2) is 0 Å². The average molecular weight is 578 g/mol. The van der Waals surface area contributed by atoms with E-state index in [-0.39, 0.29) is 44.5 Å². The number of nitrogens with zero attached hydrogens (tertiary/aromatic N) is 4. The summed E-state index contributed by atoms with van der Waals surface area (Å²) in [4.78, 5) is 64.8. The molecule has 15 nitrogen and oxygen atoms in total. The van der Waals surface area contributed by atoms with E-state index in [4.69, 9.17) is 14.6 Å². The number of carbonyl (C=O) groups excluding carboxylic acids is 3. The fourth-order valence-corrected chi connectivity index (χ4v) is 3.75. The van der Waals surface area contributed by atoms with Crippen molar-refractivity contribution in [3.05, 3.63) is 0 Å². The van der Waals surface area contributed by atoms with Crippen molar-refractivity contribution in [2.24, 2.45) is 0 Å². The number of hydrogen-bond acceptors (Lipinski definition) is 12. The third-order valence-corrected chi connectivity index (χ3v) is 5.95. The summed E-state index contributed by atoms with van der Waals surface area (Å²) in [6.45, 7) is 6.40. The Morgan fingerprint density at radius 2 is 1.18 bits per heavy atom. The summed E-state index contributed by atoms with van der Waals surface area (Å²) >= 11 is 0. The molecule has 0 bridgehead atoms. The van der Waals surface area contributed by atoms with E-state index in [0.717, 1.165) is 13.4 Å². The predicted octanol–water partition coefficient (Wildman–Crippen LogP) is -2.69. The molecule has 1 fully saturated rings. The van der Waals surface area contributed by atoms with Crippen LogP contribution in [0.5, 0.6) is 0 Å². The number of ketones is 1. The highest BCUT2D eigenvalue weighted by atomic mass is 16.5. The van der Waals surface area contributed by atoms with Crippen molar-refractivity contribution in [2.75, 3.05) is 119 Å². The monoisotopic (exact) mass is 577 g/mol. The van der Waals surface area contributed by atoms with Gasteiger partial charge in [-0.3, -0.25) is 38.8 Å². The molecule has 1 rings (SSSR count). The number of aliphatic carboxylic acids is 2. The van der Waals surface area contributed by atoms with Crippen LogP contribution in [0.25, 0.3) is 0 Å². The Bertz CT molecular complexity index is 743. The van der Waals surface area contributed by atoms with E-state index < -0.39 is 11.9 Å². The molecule has 0 spiro atoms. The number of aldehydes is 1. The minimum atomic E-state index is -0.981. The van der Waals surface area contributed by atoms with Gasteiger partial charge >= 0.3 is 11.9 Å². The maximum absolute atomic E-state index is 12.5. The standard InChI is InChI=1S/C24H43N5O9.CH4O/c1-2-21(31)20-38-16-15-37-14-3-25-22(32)17-27-6-4-26(12-13-30)5-7-28(18-23(33)34)10-11-29(9-8-27)19-24(35)36;1-2/h13H,2-12,14-20H2,1H3,(H,25,32)(H,33,34)(H,35,36);2H,1H3. The summed E-state index contributed by atoms with van der Waals surface area (Å²) < 4.78 is 10.6. The van der Waals surface area contributed by atoms with Gasteiger partial charge in [-0.1, -0.05) is 6.92 Å². The molecular formula is C25H47N5O10. The zero-order valence-corrected chi connectivity index (χ0v) is 23.8. The van der Waals surface area contributed by atoms with Gasteiger partial charge in [-0.05, 0) is 0 Å². The van der Waals surface area contributed by atoms with Gasteiger partial charge in [0.05, 0.1) is 46.0 Å². The van der Waals surface area contributed by atoms with E-state index in [2.05, 4.69) is 5.32 Å². The van der Waals surface area contributed by atoms with Gasteiger partial charge in [-0.25, -0.2) is 0 Å². The van der Waals surface area contributed by atoms with E-state index >= 15 is 0 Å². The summed E-state index contributed by atoms with van der Waals surface area (Å²) in [6, 6.07) is 0. The largest absolute Gasteiger partial charge is 0.480 e. The minimum absolute atomic E-state index is 0.0273. The van der Waals surface area contributed by atoms with Crippen molar-refractivity contribution in [3.63, 3.8) is 0 Å². The number of carboxylic acids is 2. The van der Waals surface area contributed by atoms with Gasteiger partial charge < -0.3 is 34.9 Å². The van der Waals surface area contributed by atoms with Crippen molar-refractivity contribution in [2.45, 2.75) is 13.3 Å². The van der Waals surface area contributed by atoms with E-state index in [1.165, 1.54) is 0 Å². The first-order chi connectivity index (χ1) is 19.2. The summed E-state index contributed by atoms with van der Waals surface area (Å²) in [5, 5.41) is 28.3. The maximum Gasteiger partial charge on any atom is 0.317 e. The zero-order valence-electron chi connectivity index (χ0n) is 23.8. The fraction of sp³-hybridized carbons (Fsp3) is 0.800. The Morgan fingerprint density at radius 3 is 1.62 bits per heavy atom. The lowest BCUT2D eigenvalue weighted by Gasteiger charge is -2.32. The first kappa shape index (κ1) is 37.5. The van der Waals surface area contributed by atoms with Gasteiger partial charge in [-0.15, -0.1) is 0 Å². The molecule has 40 heavy (non-hydrogen) atoms. The molecule has 1 saturated heterocycles. The molecule has 4 N–H and O–H groups in total. The lowest BCUT2D eigenvalue weighted by molar-refractivity contribution is -0.140. The number of Topliss-reactive ketones (excluding diaryl/α,β-unsaturated/α-hetero) is 1. The number of aliphatic hydroxyl groups excluding tert-OH is 1. The van der Waals surface area contributed by atoms with Gasteiger partial charge in [0.1, 0.15) is 12.9 Å². The molecule has 0 saturated carbocycles. The van der Waals surface area contributed by atoms with Crippen LogP contribution in [0.4, 0.5) is 0 Å². The first-order valence-electron chi connectivity index (χ1n) is 13.4. The minimum Gasteiger partial charge on any atom is -0.480 e. The number of hydrogen-bond donors (Lipinski definition) is 4. The molecular weight excluding hydrogens is 530 g/mol. The number of carbonyl (C=O) groups is 5. The SMILES string of the molecule is CCC(=O)COCCOCCNC(=O)CN1CCN(CC=O)CCN(CC(=O)O)CCN(CC(=O)O)CC1.CO. The first-order valence-corrected chi connectivity index (χ1v) is 13.4. The van der Waals surface area contributed by atoms with Crippen LogP contribution in [0, 0.1) is 0 Å². The number of nitrogens with one attached hydrogen (secondary N) is 1. The molecule has 1 heterocycles. The maximum atomic E-state index is 12.5. The van der Waals surface area contributed by atoms with Crippen LogP contribution in [0.3, 0.4) is 0 Å². The van der Waals surface area contributed by atoms with Crippen molar-refractivity contribution in [1.29, 1.82) is 0 Å². The lowest BCUT2D eigenvalue weighted by Crippen LogP contribution is -2.49. The predicted molar refractivity (Wildman–Crippen MR) is 145 cm³/mol. The van der Waals surface area contributed by atoms with Crippen molar-refractivity contribution < 1.29 is 48.8 Å². The van der Waals surface area contributed by atoms with Gasteiger partial charge in [0.15, 0.2) is 5.78 Å². The van der Waals surface area contributed by atoms with Gasteiger partial charge in [0, 0.05) is 72.4 Å². The molecule has 0 atom stereocenters. The van der Waals surface area contributed by atoms with Crippen LogP contribution < -0.4 is 5.32 Å². The van der Waals surface area contributed by atoms with Crippen molar-refractivity contribution in [1.82, 2.24) is 24.9 Å². The van der Waals surface area contributed by atoms with Gasteiger partial charge in [0.25, 0.3) is 0 Å². The van der Waals surface area contributed by atoms with Crippen molar-refractivity contribution in [3.8, 4) is 0 Å². The third kappa shape index (κ3) is 20.4. The number of amides is 1. The summed E-state index contributed by atoms with van der Waals surface area (Å²) in [5.74, 6) is -2.13. The molecule has 0 radical (unpaired) electrons. The van der Waals surface area contributed by atoms with Crippen LogP contribution >= 0.6 is 0 Å². The van der Waals surface area contributed by atoms with Crippen molar-refractivity contribution >= 4 is 29.9 Å². The molecule has 1 aliphatic rings. The molecule has 0 aromatic heterocycles. The molecule has 0 aromatic carbocycles. The lowest BCUT2D eigenvalue weighted by atomic mass is 10.3. The number of ether oxygens (including phenoxy) is 2. The van der Waals surface area contributed by atoms with Crippen LogP contribution in [-0.2, 0) is 33.4 Å². The number of carboxylic acid groups (broad SMARTS) is 2. The van der Waals surface area contributed by atoms with Crippen LogP contribution in [-0.4, -0.2) is 183 Å². The smallest absolute Gasteiger partial charge is 0.317 e. The number of rotatable bonds is 17.